The zero-order chi connectivity index (χ0) is 13.9. The minimum absolute atomic E-state index is 0.0273. The van der Waals surface area contributed by atoms with Crippen LogP contribution in [0.15, 0.2) is 54.6 Å². The fraction of sp³-hybridized carbons (Fsp3) is 0.294. The van der Waals surface area contributed by atoms with Crippen molar-refractivity contribution in [3.8, 4) is 5.75 Å². The molecule has 0 aliphatic rings. The van der Waals surface area contributed by atoms with Crippen LogP contribution in [0.25, 0.3) is 0 Å². The second-order valence-electron chi connectivity index (χ2n) is 5.56. The highest BCUT2D eigenvalue weighted by Crippen LogP contribution is 2.28. The van der Waals surface area contributed by atoms with Crippen LogP contribution in [0, 0.1) is 0 Å². The zero-order valence-electron chi connectivity index (χ0n) is 11.5. The molecule has 2 aromatic rings. The number of hydrogen-bond donors (Lipinski definition) is 2. The van der Waals surface area contributed by atoms with Gasteiger partial charge in [-0.25, -0.2) is 0 Å². The highest BCUT2D eigenvalue weighted by atomic mass is 16.3. The molecule has 2 aromatic carbocycles. The van der Waals surface area contributed by atoms with Crippen LogP contribution in [0.1, 0.15) is 25.0 Å². The van der Waals surface area contributed by atoms with Gasteiger partial charge in [0.1, 0.15) is 5.75 Å². The molecule has 0 spiro atoms. The van der Waals surface area contributed by atoms with E-state index in [0.29, 0.717) is 5.75 Å². The molecule has 0 aliphatic carbocycles. The minimum Gasteiger partial charge on any atom is -0.508 e. The molecule has 0 aromatic heterocycles. The van der Waals surface area contributed by atoms with Crippen molar-refractivity contribution >= 4 is 0 Å². The first-order chi connectivity index (χ1) is 9.00. The molecule has 0 saturated heterocycles. The molecule has 0 aliphatic heterocycles. The zero-order valence-corrected chi connectivity index (χ0v) is 11.5. The average molecular weight is 255 g/mol. The summed E-state index contributed by atoms with van der Waals surface area (Å²) >= 11 is 0. The number of rotatable bonds is 4. The van der Waals surface area contributed by atoms with Crippen LogP contribution in [0.5, 0.6) is 5.75 Å². The number of nitrogens with two attached hydrogens (primary N) is 1. The van der Waals surface area contributed by atoms with E-state index >= 15 is 0 Å². The van der Waals surface area contributed by atoms with E-state index in [2.05, 4.69) is 26.0 Å². The van der Waals surface area contributed by atoms with Gasteiger partial charge in [-0.1, -0.05) is 56.3 Å². The summed E-state index contributed by atoms with van der Waals surface area (Å²) in [5.74, 6) is 0.291. The second-order valence-corrected chi connectivity index (χ2v) is 5.56. The van der Waals surface area contributed by atoms with E-state index in [-0.39, 0.29) is 11.5 Å². The molecular formula is C17H21NO. The number of benzene rings is 2. The molecule has 100 valence electrons. The molecule has 2 nitrogen and oxygen atoms in total. The van der Waals surface area contributed by atoms with E-state index in [1.807, 2.05) is 30.3 Å². The number of aromatic hydroxyl groups is 1. The lowest BCUT2D eigenvalue weighted by molar-refractivity contribution is 0.406. The number of phenols is 1. The van der Waals surface area contributed by atoms with Crippen LogP contribution in [0.2, 0.25) is 0 Å². The van der Waals surface area contributed by atoms with Crippen molar-refractivity contribution in [2.75, 3.05) is 0 Å². The van der Waals surface area contributed by atoms with E-state index in [1.165, 1.54) is 5.56 Å². The van der Waals surface area contributed by atoms with Gasteiger partial charge in [-0.3, -0.25) is 0 Å². The largest absolute Gasteiger partial charge is 0.508 e. The Hall–Kier alpha value is -1.80. The van der Waals surface area contributed by atoms with Gasteiger partial charge in [0.25, 0.3) is 0 Å². The fourth-order valence-corrected chi connectivity index (χ4v) is 2.22. The van der Waals surface area contributed by atoms with Gasteiger partial charge < -0.3 is 10.8 Å². The van der Waals surface area contributed by atoms with Crippen LogP contribution in [-0.2, 0) is 11.8 Å². The Morgan fingerprint density at radius 1 is 1.00 bits per heavy atom. The topological polar surface area (TPSA) is 46.2 Å². The van der Waals surface area contributed by atoms with Gasteiger partial charge >= 0.3 is 0 Å². The number of phenolic OH excluding ortho intramolecular Hbond substituents is 1. The highest BCUT2D eigenvalue weighted by Gasteiger charge is 2.28. The third-order valence-corrected chi connectivity index (χ3v) is 3.84. The van der Waals surface area contributed by atoms with Gasteiger partial charge in [0.2, 0.25) is 0 Å². The summed E-state index contributed by atoms with van der Waals surface area (Å²) in [7, 11) is 0. The first-order valence-electron chi connectivity index (χ1n) is 6.59. The maximum absolute atomic E-state index is 9.30. The molecule has 0 saturated carbocycles. The lowest BCUT2D eigenvalue weighted by Gasteiger charge is -2.32. The standard InChI is InChI=1S/C17H21NO/c1-17(2,14-6-4-3-5-7-14)16(18)12-13-8-10-15(19)11-9-13/h3-11,16,19H,12,18H2,1-2H3. The summed E-state index contributed by atoms with van der Waals surface area (Å²) in [5.41, 5.74) is 8.71. The second kappa shape index (κ2) is 5.45. The van der Waals surface area contributed by atoms with Crippen LogP contribution >= 0.6 is 0 Å². The predicted molar refractivity (Wildman–Crippen MR) is 79.3 cm³/mol. The summed E-state index contributed by atoms with van der Waals surface area (Å²) < 4.78 is 0. The lowest BCUT2D eigenvalue weighted by Crippen LogP contribution is -2.42. The smallest absolute Gasteiger partial charge is 0.115 e. The first kappa shape index (κ1) is 13.6. The van der Waals surface area contributed by atoms with Crippen LogP contribution < -0.4 is 5.73 Å². The molecule has 2 heteroatoms. The molecule has 0 radical (unpaired) electrons. The summed E-state index contributed by atoms with van der Waals surface area (Å²) in [6.07, 6.45) is 0.794. The monoisotopic (exact) mass is 255 g/mol. The third kappa shape index (κ3) is 3.15. The van der Waals surface area contributed by atoms with Crippen LogP contribution in [0.3, 0.4) is 0 Å². The van der Waals surface area contributed by atoms with Gasteiger partial charge in [-0.05, 0) is 29.7 Å². The van der Waals surface area contributed by atoms with Crippen LogP contribution in [0.4, 0.5) is 0 Å². The lowest BCUT2D eigenvalue weighted by atomic mass is 9.76. The van der Waals surface area contributed by atoms with E-state index in [1.54, 1.807) is 12.1 Å². The van der Waals surface area contributed by atoms with Gasteiger partial charge in [-0.2, -0.15) is 0 Å². The van der Waals surface area contributed by atoms with Crippen molar-refractivity contribution in [3.63, 3.8) is 0 Å². The SMILES string of the molecule is CC(C)(c1ccccc1)C(N)Cc1ccc(O)cc1. The van der Waals surface area contributed by atoms with Crippen molar-refractivity contribution in [3.05, 3.63) is 65.7 Å². The van der Waals surface area contributed by atoms with E-state index in [9.17, 15) is 5.11 Å². The molecule has 2 rings (SSSR count). The molecule has 1 atom stereocenters. The van der Waals surface area contributed by atoms with Crippen molar-refractivity contribution in [2.45, 2.75) is 31.7 Å². The molecular weight excluding hydrogens is 234 g/mol. The Balaban J connectivity index is 2.15. The fourth-order valence-electron chi connectivity index (χ4n) is 2.22. The average Bonchev–Trinajstić information content (AvgIpc) is 2.42. The quantitative estimate of drug-likeness (QED) is 0.881. The summed E-state index contributed by atoms with van der Waals surface area (Å²) in [4.78, 5) is 0. The summed E-state index contributed by atoms with van der Waals surface area (Å²) in [6, 6.07) is 17.6. The molecule has 3 N–H and O–H groups in total. The van der Waals surface area contributed by atoms with E-state index < -0.39 is 0 Å². The minimum atomic E-state index is -0.0842. The van der Waals surface area contributed by atoms with Crippen molar-refractivity contribution in [1.82, 2.24) is 0 Å². The Labute approximate surface area is 114 Å². The van der Waals surface area contributed by atoms with E-state index in [0.717, 1.165) is 12.0 Å². The molecule has 19 heavy (non-hydrogen) atoms. The summed E-state index contributed by atoms with van der Waals surface area (Å²) in [5, 5.41) is 9.30. The predicted octanol–water partition coefficient (Wildman–Crippen LogP) is 3.24. The third-order valence-electron chi connectivity index (χ3n) is 3.84. The molecule has 0 fully saturated rings. The van der Waals surface area contributed by atoms with Crippen molar-refractivity contribution < 1.29 is 5.11 Å². The Bertz CT molecular complexity index is 517. The highest BCUT2D eigenvalue weighted by molar-refractivity contribution is 5.30. The normalized spacial score (nSPS) is 13.2. The van der Waals surface area contributed by atoms with Gasteiger partial charge in [0, 0.05) is 11.5 Å². The van der Waals surface area contributed by atoms with Gasteiger partial charge in [0.15, 0.2) is 0 Å². The number of hydrogen-bond acceptors (Lipinski definition) is 2. The Morgan fingerprint density at radius 3 is 2.16 bits per heavy atom. The maximum atomic E-state index is 9.30. The Morgan fingerprint density at radius 2 is 1.58 bits per heavy atom. The Kier molecular flexibility index (Phi) is 3.91. The molecule has 0 amide bonds. The first-order valence-corrected chi connectivity index (χ1v) is 6.59. The molecule has 0 heterocycles. The molecule has 0 bridgehead atoms. The van der Waals surface area contributed by atoms with Crippen molar-refractivity contribution in [1.29, 1.82) is 0 Å². The van der Waals surface area contributed by atoms with E-state index in [4.69, 9.17) is 5.73 Å². The van der Waals surface area contributed by atoms with Crippen LogP contribution in [-0.4, -0.2) is 11.1 Å². The maximum Gasteiger partial charge on any atom is 0.115 e. The molecule has 1 unspecified atom stereocenters. The summed E-state index contributed by atoms with van der Waals surface area (Å²) in [6.45, 7) is 4.35. The van der Waals surface area contributed by atoms with Gasteiger partial charge in [0.05, 0.1) is 0 Å². The van der Waals surface area contributed by atoms with Crippen molar-refractivity contribution in [2.24, 2.45) is 5.73 Å². The van der Waals surface area contributed by atoms with Gasteiger partial charge in [-0.15, -0.1) is 0 Å².